The maximum absolute atomic E-state index is 11.0. The average molecular weight is 343 g/mol. The number of hydrogen-bond acceptors (Lipinski definition) is 3. The summed E-state index contributed by atoms with van der Waals surface area (Å²) >= 11 is 7.95. The third kappa shape index (κ3) is 3.84. The van der Waals surface area contributed by atoms with Crippen LogP contribution in [0, 0.1) is 0 Å². The highest BCUT2D eigenvalue weighted by atomic mass is 35.5. The molecule has 0 saturated carbocycles. The van der Waals surface area contributed by atoms with Crippen LogP contribution in [0.25, 0.3) is 10.9 Å². The molecule has 0 atom stereocenters. The van der Waals surface area contributed by atoms with Gasteiger partial charge in [-0.3, -0.25) is 9.78 Å². The number of amides is 1. The van der Waals surface area contributed by atoms with E-state index in [9.17, 15) is 4.79 Å². The Morgan fingerprint density at radius 2 is 1.96 bits per heavy atom. The Hall–Kier alpha value is -2.04. The molecule has 0 bridgehead atoms. The molecule has 0 aliphatic carbocycles. The summed E-state index contributed by atoms with van der Waals surface area (Å²) < 4.78 is 0. The molecule has 1 amide bonds. The third-order valence-corrected chi connectivity index (χ3v) is 4.76. The first-order valence-corrected chi connectivity index (χ1v) is 8.52. The van der Waals surface area contributed by atoms with Gasteiger partial charge in [0, 0.05) is 39.9 Å². The number of hydrogen-bond donors (Lipinski definition) is 1. The minimum atomic E-state index is -0.0656. The fourth-order valence-electron chi connectivity index (χ4n) is 2.31. The van der Waals surface area contributed by atoms with Crippen molar-refractivity contribution < 1.29 is 4.79 Å². The maximum atomic E-state index is 11.0. The van der Waals surface area contributed by atoms with E-state index >= 15 is 0 Å². The summed E-state index contributed by atoms with van der Waals surface area (Å²) in [5.74, 6) is 0.744. The van der Waals surface area contributed by atoms with E-state index < -0.39 is 0 Å². The maximum Gasteiger partial charge on any atom is 0.221 e. The van der Waals surface area contributed by atoms with Crippen molar-refractivity contribution in [1.29, 1.82) is 0 Å². The summed E-state index contributed by atoms with van der Waals surface area (Å²) in [7, 11) is 0. The second-order valence-electron chi connectivity index (χ2n) is 5.10. The standard InChI is InChI=1S/C18H15ClN2OS/c1-12(22)21-14-5-7-15(8-6-14)23-11-13-4-9-17(19)16-3-2-10-20-18(13)16/h2-10H,11H2,1H3,(H,21,22). The minimum absolute atomic E-state index is 0.0656. The van der Waals surface area contributed by atoms with E-state index in [4.69, 9.17) is 11.6 Å². The molecule has 0 unspecified atom stereocenters. The van der Waals surface area contributed by atoms with Crippen molar-refractivity contribution >= 4 is 45.9 Å². The smallest absolute Gasteiger partial charge is 0.221 e. The summed E-state index contributed by atoms with van der Waals surface area (Å²) in [5.41, 5.74) is 2.91. The summed E-state index contributed by atoms with van der Waals surface area (Å²) in [4.78, 5) is 16.6. The van der Waals surface area contributed by atoms with Crippen molar-refractivity contribution in [2.24, 2.45) is 0 Å². The molecule has 1 aromatic heterocycles. The lowest BCUT2D eigenvalue weighted by Gasteiger charge is -2.08. The molecule has 0 aliphatic rings. The number of anilines is 1. The molecule has 2 aromatic carbocycles. The number of thioether (sulfide) groups is 1. The number of carbonyl (C=O) groups excluding carboxylic acids is 1. The van der Waals surface area contributed by atoms with Gasteiger partial charge in [0.15, 0.2) is 0 Å². The molecular formula is C18H15ClN2OS. The molecule has 1 N–H and O–H groups in total. The zero-order valence-corrected chi connectivity index (χ0v) is 14.1. The Balaban J connectivity index is 1.76. The van der Waals surface area contributed by atoms with Gasteiger partial charge in [-0.2, -0.15) is 0 Å². The molecule has 3 nitrogen and oxygen atoms in total. The minimum Gasteiger partial charge on any atom is -0.326 e. The first-order chi connectivity index (χ1) is 11.1. The number of halogens is 1. The number of rotatable bonds is 4. The number of benzene rings is 2. The number of pyridine rings is 1. The number of nitrogens with one attached hydrogen (secondary N) is 1. The van der Waals surface area contributed by atoms with Crippen molar-refractivity contribution in [3.8, 4) is 0 Å². The Labute approximate surface area is 144 Å². The largest absolute Gasteiger partial charge is 0.326 e. The van der Waals surface area contributed by atoms with Crippen molar-refractivity contribution in [2.75, 3.05) is 5.32 Å². The fourth-order valence-corrected chi connectivity index (χ4v) is 3.41. The SMILES string of the molecule is CC(=O)Nc1ccc(SCc2ccc(Cl)c3cccnc23)cc1. The molecule has 23 heavy (non-hydrogen) atoms. The van der Waals surface area contributed by atoms with Crippen LogP contribution >= 0.6 is 23.4 Å². The normalized spacial score (nSPS) is 10.7. The highest BCUT2D eigenvalue weighted by Crippen LogP contribution is 2.30. The molecule has 0 radical (unpaired) electrons. The Morgan fingerprint density at radius 1 is 1.17 bits per heavy atom. The predicted molar refractivity (Wildman–Crippen MR) is 97.1 cm³/mol. The van der Waals surface area contributed by atoms with Gasteiger partial charge in [0.1, 0.15) is 0 Å². The zero-order chi connectivity index (χ0) is 16.2. The van der Waals surface area contributed by atoms with E-state index in [1.54, 1.807) is 18.0 Å². The van der Waals surface area contributed by atoms with Gasteiger partial charge in [0.05, 0.1) is 5.52 Å². The van der Waals surface area contributed by atoms with E-state index in [0.29, 0.717) is 0 Å². The third-order valence-electron chi connectivity index (χ3n) is 3.37. The lowest BCUT2D eigenvalue weighted by Crippen LogP contribution is -2.05. The van der Waals surface area contributed by atoms with Gasteiger partial charge in [-0.1, -0.05) is 17.7 Å². The fraction of sp³-hybridized carbons (Fsp3) is 0.111. The van der Waals surface area contributed by atoms with Gasteiger partial charge in [0.25, 0.3) is 0 Å². The summed E-state index contributed by atoms with van der Waals surface area (Å²) in [6.07, 6.45) is 1.79. The lowest BCUT2D eigenvalue weighted by atomic mass is 10.1. The second kappa shape index (κ2) is 7.02. The van der Waals surface area contributed by atoms with Gasteiger partial charge < -0.3 is 5.32 Å². The predicted octanol–water partition coefficient (Wildman–Crippen LogP) is 5.14. The number of nitrogens with zero attached hydrogens (tertiary/aromatic N) is 1. The van der Waals surface area contributed by atoms with Crippen LogP contribution in [0.3, 0.4) is 0 Å². The van der Waals surface area contributed by atoms with Crippen LogP contribution in [0.4, 0.5) is 5.69 Å². The highest BCUT2D eigenvalue weighted by molar-refractivity contribution is 7.98. The topological polar surface area (TPSA) is 42.0 Å². The average Bonchev–Trinajstić information content (AvgIpc) is 2.55. The molecule has 116 valence electrons. The van der Waals surface area contributed by atoms with Crippen LogP contribution in [-0.2, 0) is 10.5 Å². The van der Waals surface area contributed by atoms with Gasteiger partial charge in [-0.05, 0) is 48.0 Å². The van der Waals surface area contributed by atoms with Gasteiger partial charge in [0.2, 0.25) is 5.91 Å². The first kappa shape index (κ1) is 15.8. The summed E-state index contributed by atoms with van der Waals surface area (Å²) in [5, 5.41) is 4.47. The molecule has 5 heteroatoms. The van der Waals surface area contributed by atoms with Crippen LogP contribution in [0.15, 0.2) is 59.6 Å². The highest BCUT2D eigenvalue weighted by Gasteiger charge is 2.06. The first-order valence-electron chi connectivity index (χ1n) is 7.16. The summed E-state index contributed by atoms with van der Waals surface area (Å²) in [6, 6.07) is 15.6. The van der Waals surface area contributed by atoms with Gasteiger partial charge >= 0.3 is 0 Å². The second-order valence-corrected chi connectivity index (χ2v) is 6.56. The van der Waals surface area contributed by atoms with E-state index in [1.165, 1.54) is 6.92 Å². The van der Waals surface area contributed by atoms with Gasteiger partial charge in [-0.15, -0.1) is 11.8 Å². The van der Waals surface area contributed by atoms with Crippen LogP contribution in [0.1, 0.15) is 12.5 Å². The Kier molecular flexibility index (Phi) is 4.84. The quantitative estimate of drug-likeness (QED) is 0.667. The molecular weight excluding hydrogens is 328 g/mol. The van der Waals surface area contributed by atoms with Crippen molar-refractivity contribution in [3.05, 3.63) is 65.3 Å². The van der Waals surface area contributed by atoms with Crippen LogP contribution in [-0.4, -0.2) is 10.9 Å². The van der Waals surface area contributed by atoms with E-state index in [2.05, 4.69) is 10.3 Å². The van der Waals surface area contributed by atoms with E-state index in [0.717, 1.165) is 37.8 Å². The monoisotopic (exact) mass is 342 g/mol. The van der Waals surface area contributed by atoms with Crippen molar-refractivity contribution in [2.45, 2.75) is 17.6 Å². The molecule has 0 saturated heterocycles. The van der Waals surface area contributed by atoms with Crippen molar-refractivity contribution in [3.63, 3.8) is 0 Å². The number of aromatic nitrogens is 1. The summed E-state index contributed by atoms with van der Waals surface area (Å²) in [6.45, 7) is 1.50. The molecule has 3 rings (SSSR count). The molecule has 3 aromatic rings. The lowest BCUT2D eigenvalue weighted by molar-refractivity contribution is -0.114. The molecule has 0 fully saturated rings. The Bertz CT molecular complexity index is 849. The Morgan fingerprint density at radius 3 is 2.70 bits per heavy atom. The zero-order valence-electron chi connectivity index (χ0n) is 12.5. The van der Waals surface area contributed by atoms with E-state index in [1.807, 2.05) is 48.5 Å². The van der Waals surface area contributed by atoms with Crippen LogP contribution < -0.4 is 5.32 Å². The molecule has 1 heterocycles. The van der Waals surface area contributed by atoms with Gasteiger partial charge in [-0.25, -0.2) is 0 Å². The van der Waals surface area contributed by atoms with Crippen molar-refractivity contribution in [1.82, 2.24) is 4.98 Å². The number of fused-ring (bicyclic) bond motifs is 1. The van der Waals surface area contributed by atoms with Crippen LogP contribution in [0.2, 0.25) is 5.02 Å². The van der Waals surface area contributed by atoms with E-state index in [-0.39, 0.29) is 5.91 Å². The molecule has 0 spiro atoms. The molecule has 0 aliphatic heterocycles. The number of carbonyl (C=O) groups is 1. The van der Waals surface area contributed by atoms with Crippen LogP contribution in [0.5, 0.6) is 0 Å².